The Bertz CT molecular complexity index is 929. The summed E-state index contributed by atoms with van der Waals surface area (Å²) in [6.07, 6.45) is 2.92. The third kappa shape index (κ3) is 2.34. The van der Waals surface area contributed by atoms with E-state index in [1.165, 1.54) is 12.5 Å². The van der Waals surface area contributed by atoms with Gasteiger partial charge in [-0.05, 0) is 54.9 Å². The van der Waals surface area contributed by atoms with Crippen LogP contribution in [0.3, 0.4) is 0 Å². The van der Waals surface area contributed by atoms with Crippen molar-refractivity contribution in [1.82, 2.24) is 0 Å². The second-order valence-electron chi connectivity index (χ2n) is 8.13. The Morgan fingerprint density at radius 2 is 2.04 bits per heavy atom. The molecule has 0 spiro atoms. The number of hydrogen-bond acceptors (Lipinski definition) is 4. The summed E-state index contributed by atoms with van der Waals surface area (Å²) in [4.78, 5) is 24.9. The van der Waals surface area contributed by atoms with Crippen LogP contribution in [0.25, 0.3) is 11.0 Å². The molecule has 1 aromatic carbocycles. The van der Waals surface area contributed by atoms with Gasteiger partial charge in [-0.2, -0.15) is 0 Å². The largest absolute Gasteiger partial charge is 0.458 e. The van der Waals surface area contributed by atoms with Gasteiger partial charge in [-0.15, -0.1) is 0 Å². The van der Waals surface area contributed by atoms with E-state index in [1.807, 2.05) is 0 Å². The zero-order chi connectivity index (χ0) is 18.0. The Hall–Kier alpha value is -1.81. The second kappa shape index (κ2) is 5.34. The number of rotatable bonds is 2. The molecule has 132 valence electrons. The van der Waals surface area contributed by atoms with Gasteiger partial charge in [0, 0.05) is 15.8 Å². The van der Waals surface area contributed by atoms with E-state index in [4.69, 9.17) is 20.8 Å². The van der Waals surface area contributed by atoms with E-state index in [0.29, 0.717) is 21.9 Å². The fourth-order valence-corrected chi connectivity index (χ4v) is 4.92. The lowest BCUT2D eigenvalue weighted by Gasteiger charge is -2.38. The van der Waals surface area contributed by atoms with Crippen LogP contribution in [-0.4, -0.2) is 12.1 Å². The Morgan fingerprint density at radius 3 is 2.68 bits per heavy atom. The smallest absolute Gasteiger partial charge is 0.351 e. The highest BCUT2D eigenvalue weighted by molar-refractivity contribution is 6.31. The standard InChI is InChI=1S/C20H21ClO4/c1-19(2)12-6-7-20(19,3)16(10-12)25-18(23)14-9-11-8-13(21)4-5-15(11)24-17(14)22/h4-5,8-9,12,16H,6-7,10H2,1-3H3/t12-,16-,20+/m0/s1. The minimum Gasteiger partial charge on any atom is -0.458 e. The Kier molecular flexibility index (Phi) is 3.56. The van der Waals surface area contributed by atoms with Gasteiger partial charge in [0.05, 0.1) is 0 Å². The summed E-state index contributed by atoms with van der Waals surface area (Å²) in [5.74, 6) is -0.0488. The fourth-order valence-electron chi connectivity index (χ4n) is 4.74. The molecule has 0 saturated heterocycles. The van der Waals surface area contributed by atoms with Crippen LogP contribution in [0.4, 0.5) is 0 Å². The monoisotopic (exact) mass is 360 g/mol. The molecule has 2 aromatic rings. The molecule has 0 unspecified atom stereocenters. The van der Waals surface area contributed by atoms with Gasteiger partial charge in [0.2, 0.25) is 0 Å². The lowest BCUT2D eigenvalue weighted by atomic mass is 9.70. The molecule has 4 nitrogen and oxygen atoms in total. The summed E-state index contributed by atoms with van der Waals surface area (Å²) in [7, 11) is 0. The van der Waals surface area contributed by atoms with Crippen LogP contribution in [0, 0.1) is 16.7 Å². The van der Waals surface area contributed by atoms with Gasteiger partial charge in [-0.25, -0.2) is 9.59 Å². The Labute approximate surface area is 151 Å². The summed E-state index contributed by atoms with van der Waals surface area (Å²) in [6.45, 7) is 6.70. The summed E-state index contributed by atoms with van der Waals surface area (Å²) in [6, 6.07) is 6.44. The van der Waals surface area contributed by atoms with Crippen molar-refractivity contribution >= 4 is 28.5 Å². The van der Waals surface area contributed by atoms with Crippen LogP contribution in [0.1, 0.15) is 50.4 Å². The first-order valence-corrected chi connectivity index (χ1v) is 9.04. The van der Waals surface area contributed by atoms with Crippen molar-refractivity contribution in [2.45, 2.75) is 46.1 Å². The molecule has 5 heteroatoms. The van der Waals surface area contributed by atoms with E-state index in [0.717, 1.165) is 12.8 Å². The predicted molar refractivity (Wildman–Crippen MR) is 95.9 cm³/mol. The number of ether oxygens (including phenoxy) is 1. The molecule has 2 aliphatic rings. The summed E-state index contributed by atoms with van der Waals surface area (Å²) < 4.78 is 11.0. The number of carbonyl (C=O) groups is 1. The zero-order valence-electron chi connectivity index (χ0n) is 14.6. The fraction of sp³-hybridized carbons (Fsp3) is 0.500. The second-order valence-corrected chi connectivity index (χ2v) is 8.57. The molecular formula is C20H21ClO4. The highest BCUT2D eigenvalue weighted by atomic mass is 35.5. The van der Waals surface area contributed by atoms with Crippen LogP contribution >= 0.6 is 11.6 Å². The van der Waals surface area contributed by atoms with Gasteiger partial charge < -0.3 is 9.15 Å². The van der Waals surface area contributed by atoms with E-state index in [2.05, 4.69) is 20.8 Å². The average molecular weight is 361 g/mol. The Morgan fingerprint density at radius 1 is 1.28 bits per heavy atom. The first-order valence-electron chi connectivity index (χ1n) is 8.67. The Balaban J connectivity index is 1.65. The number of halogens is 1. The van der Waals surface area contributed by atoms with E-state index in [-0.39, 0.29) is 22.5 Å². The average Bonchev–Trinajstić information content (AvgIpc) is 2.88. The minimum absolute atomic E-state index is 0.0479. The van der Waals surface area contributed by atoms with Crippen molar-refractivity contribution in [3.8, 4) is 0 Å². The molecule has 0 amide bonds. The SMILES string of the molecule is CC1(C)[C@H]2CC[C@]1(C)[C@@H](OC(=O)c1cc3cc(Cl)ccc3oc1=O)C2. The van der Waals surface area contributed by atoms with Crippen molar-refractivity contribution in [3.63, 3.8) is 0 Å². The molecule has 0 N–H and O–H groups in total. The molecule has 0 radical (unpaired) electrons. The summed E-state index contributed by atoms with van der Waals surface area (Å²) in [5.41, 5.74) is -0.252. The third-order valence-electron chi connectivity index (χ3n) is 6.88. The molecule has 2 bridgehead atoms. The van der Waals surface area contributed by atoms with E-state index in [9.17, 15) is 9.59 Å². The van der Waals surface area contributed by atoms with Crippen molar-refractivity contribution < 1.29 is 13.9 Å². The van der Waals surface area contributed by atoms with Crippen LogP contribution in [0.15, 0.2) is 33.5 Å². The predicted octanol–water partition coefficient (Wildman–Crippen LogP) is 4.82. The first-order chi connectivity index (χ1) is 11.7. The van der Waals surface area contributed by atoms with E-state index >= 15 is 0 Å². The van der Waals surface area contributed by atoms with Gasteiger partial charge >= 0.3 is 11.6 Å². The van der Waals surface area contributed by atoms with Crippen molar-refractivity contribution in [2.75, 3.05) is 0 Å². The normalized spacial score (nSPS) is 29.9. The van der Waals surface area contributed by atoms with Crippen molar-refractivity contribution in [1.29, 1.82) is 0 Å². The number of fused-ring (bicyclic) bond motifs is 3. The minimum atomic E-state index is -0.674. The van der Waals surface area contributed by atoms with E-state index < -0.39 is 11.6 Å². The molecule has 1 heterocycles. The molecule has 25 heavy (non-hydrogen) atoms. The highest BCUT2D eigenvalue weighted by Crippen LogP contribution is 2.66. The van der Waals surface area contributed by atoms with Crippen LogP contribution < -0.4 is 5.63 Å². The third-order valence-corrected chi connectivity index (χ3v) is 7.11. The quantitative estimate of drug-likeness (QED) is 0.569. The zero-order valence-corrected chi connectivity index (χ0v) is 15.4. The number of carbonyl (C=O) groups excluding carboxylic acids is 1. The topological polar surface area (TPSA) is 56.5 Å². The molecule has 1 aromatic heterocycles. The summed E-state index contributed by atoms with van der Waals surface area (Å²) in [5, 5.41) is 1.13. The van der Waals surface area contributed by atoms with Gasteiger partial charge in [0.25, 0.3) is 0 Å². The van der Waals surface area contributed by atoms with E-state index in [1.54, 1.807) is 18.2 Å². The van der Waals surface area contributed by atoms with Crippen LogP contribution in [-0.2, 0) is 4.74 Å². The maximum atomic E-state index is 12.7. The lowest BCUT2D eigenvalue weighted by Crippen LogP contribution is -2.38. The maximum Gasteiger partial charge on any atom is 0.351 e. The number of hydrogen-bond donors (Lipinski definition) is 0. The lowest BCUT2D eigenvalue weighted by molar-refractivity contribution is -0.0245. The van der Waals surface area contributed by atoms with Crippen molar-refractivity contribution in [2.24, 2.45) is 16.7 Å². The molecule has 4 rings (SSSR count). The summed E-state index contributed by atoms with van der Waals surface area (Å²) >= 11 is 5.98. The molecule has 0 aliphatic heterocycles. The van der Waals surface area contributed by atoms with Gasteiger partial charge in [0.1, 0.15) is 17.3 Å². The van der Waals surface area contributed by atoms with Gasteiger partial charge in [-0.1, -0.05) is 32.4 Å². The van der Waals surface area contributed by atoms with Gasteiger partial charge in [-0.3, -0.25) is 0 Å². The molecule has 2 aliphatic carbocycles. The van der Waals surface area contributed by atoms with Gasteiger partial charge in [0.15, 0.2) is 0 Å². The van der Waals surface area contributed by atoms with Crippen LogP contribution in [0.5, 0.6) is 0 Å². The van der Waals surface area contributed by atoms with Crippen molar-refractivity contribution in [3.05, 3.63) is 45.3 Å². The van der Waals surface area contributed by atoms with Crippen LogP contribution in [0.2, 0.25) is 5.02 Å². The molecule has 3 atom stereocenters. The number of benzene rings is 1. The molecular weight excluding hydrogens is 340 g/mol. The first kappa shape index (κ1) is 16.6. The highest BCUT2D eigenvalue weighted by Gasteiger charge is 2.62. The molecule has 2 saturated carbocycles. The maximum absolute atomic E-state index is 12.7. The molecule has 2 fully saturated rings. The number of esters is 1.